The lowest BCUT2D eigenvalue weighted by atomic mass is 10.3. The number of aromatic nitrogens is 1. The molecule has 0 spiro atoms. The van der Waals surface area contributed by atoms with Crippen molar-refractivity contribution in [2.45, 2.75) is 6.92 Å². The molecule has 2 N–H and O–H groups in total. The first-order chi connectivity index (χ1) is 9.97. The first kappa shape index (κ1) is 15.6. The third-order valence-corrected chi connectivity index (χ3v) is 4.09. The molecule has 1 aromatic carbocycles. The minimum Gasteiger partial charge on any atom is -0.492 e. The molecule has 0 aliphatic heterocycles. The molecule has 0 saturated heterocycles. The average Bonchev–Trinajstić information content (AvgIpc) is 2.79. The predicted molar refractivity (Wildman–Crippen MR) is 85.2 cm³/mol. The number of hydrogen-bond donors (Lipinski definition) is 1. The fourth-order valence-corrected chi connectivity index (χ4v) is 2.68. The van der Waals surface area contributed by atoms with Crippen LogP contribution in [-0.2, 0) is 0 Å². The van der Waals surface area contributed by atoms with Gasteiger partial charge in [-0.1, -0.05) is 22.9 Å². The van der Waals surface area contributed by atoms with E-state index in [-0.39, 0.29) is 5.91 Å². The van der Waals surface area contributed by atoms with Gasteiger partial charge >= 0.3 is 0 Å². The molecule has 0 saturated carbocycles. The number of rotatable bonds is 5. The van der Waals surface area contributed by atoms with Gasteiger partial charge in [0.05, 0.1) is 12.2 Å². The van der Waals surface area contributed by atoms with E-state index < -0.39 is 0 Å². The van der Waals surface area contributed by atoms with Gasteiger partial charge in [-0.15, -0.1) is 0 Å². The van der Waals surface area contributed by atoms with Crippen molar-refractivity contribution in [3.8, 4) is 5.75 Å². The van der Waals surface area contributed by atoms with Gasteiger partial charge in [-0.25, -0.2) is 4.98 Å². The summed E-state index contributed by atoms with van der Waals surface area (Å²) in [6.45, 7) is 2.65. The third kappa shape index (κ3) is 4.09. The lowest BCUT2D eigenvalue weighted by Gasteiger charge is -2.16. The standard InChI is InChI=1S/C14H16ClN3O2S/c1-9-12(21-14(16)17-9)13(19)18(2)7-8-20-11-5-3-10(15)4-6-11/h3-6H,7-8H2,1-2H3,(H2,16,17). The molecule has 2 rings (SSSR count). The van der Waals surface area contributed by atoms with E-state index in [1.54, 1.807) is 43.1 Å². The Labute approximate surface area is 132 Å². The zero-order valence-electron chi connectivity index (χ0n) is 11.8. The summed E-state index contributed by atoms with van der Waals surface area (Å²) >= 11 is 7.00. The van der Waals surface area contributed by atoms with Crippen molar-refractivity contribution < 1.29 is 9.53 Å². The molecule has 1 amide bonds. The van der Waals surface area contributed by atoms with Crippen LogP contribution in [0.25, 0.3) is 0 Å². The van der Waals surface area contributed by atoms with Crippen LogP contribution >= 0.6 is 22.9 Å². The topological polar surface area (TPSA) is 68.5 Å². The second-order valence-corrected chi connectivity index (χ2v) is 5.96. The molecule has 0 bridgehead atoms. The van der Waals surface area contributed by atoms with Crippen LogP contribution in [0.5, 0.6) is 5.75 Å². The van der Waals surface area contributed by atoms with Gasteiger partial charge in [0.15, 0.2) is 5.13 Å². The number of nitrogens with zero attached hydrogens (tertiary/aromatic N) is 2. The summed E-state index contributed by atoms with van der Waals surface area (Å²) in [4.78, 5) is 18.5. The number of carbonyl (C=O) groups excluding carboxylic acids is 1. The first-order valence-corrected chi connectivity index (χ1v) is 7.53. The van der Waals surface area contributed by atoms with Gasteiger partial charge in [-0.05, 0) is 31.2 Å². The van der Waals surface area contributed by atoms with E-state index in [0.29, 0.717) is 33.9 Å². The van der Waals surface area contributed by atoms with E-state index in [9.17, 15) is 4.79 Å². The Morgan fingerprint density at radius 1 is 1.43 bits per heavy atom. The van der Waals surface area contributed by atoms with Gasteiger partial charge in [0, 0.05) is 12.1 Å². The number of aryl methyl sites for hydroxylation is 1. The van der Waals surface area contributed by atoms with Crippen molar-refractivity contribution in [1.82, 2.24) is 9.88 Å². The minimum atomic E-state index is -0.0959. The van der Waals surface area contributed by atoms with Crippen LogP contribution < -0.4 is 10.5 Å². The number of amides is 1. The first-order valence-electron chi connectivity index (χ1n) is 6.34. The molecule has 2 aromatic rings. The van der Waals surface area contributed by atoms with Crippen LogP contribution in [0.4, 0.5) is 5.13 Å². The van der Waals surface area contributed by atoms with Crippen LogP contribution in [-0.4, -0.2) is 36.0 Å². The summed E-state index contributed by atoms with van der Waals surface area (Å²) in [5.74, 6) is 0.625. The molecule has 112 valence electrons. The SMILES string of the molecule is Cc1nc(N)sc1C(=O)N(C)CCOc1ccc(Cl)cc1. The summed E-state index contributed by atoms with van der Waals surface area (Å²) in [5.41, 5.74) is 6.27. The number of nitrogens with two attached hydrogens (primary N) is 1. The normalized spacial score (nSPS) is 10.4. The smallest absolute Gasteiger partial charge is 0.265 e. The lowest BCUT2D eigenvalue weighted by molar-refractivity contribution is 0.0777. The second kappa shape index (κ2) is 6.78. The van der Waals surface area contributed by atoms with E-state index in [1.165, 1.54) is 11.3 Å². The highest BCUT2D eigenvalue weighted by molar-refractivity contribution is 7.17. The maximum atomic E-state index is 12.2. The highest BCUT2D eigenvalue weighted by Crippen LogP contribution is 2.21. The maximum Gasteiger partial charge on any atom is 0.265 e. The maximum absolute atomic E-state index is 12.2. The number of anilines is 1. The van der Waals surface area contributed by atoms with E-state index in [4.69, 9.17) is 22.1 Å². The van der Waals surface area contributed by atoms with Gasteiger partial charge in [0.25, 0.3) is 5.91 Å². The molecule has 5 nitrogen and oxygen atoms in total. The lowest BCUT2D eigenvalue weighted by Crippen LogP contribution is -2.30. The fraction of sp³-hybridized carbons (Fsp3) is 0.286. The van der Waals surface area contributed by atoms with Crippen LogP contribution in [0, 0.1) is 6.92 Å². The Hall–Kier alpha value is -1.79. The van der Waals surface area contributed by atoms with Crippen molar-refractivity contribution in [3.63, 3.8) is 0 Å². The van der Waals surface area contributed by atoms with Crippen LogP contribution in [0.2, 0.25) is 5.02 Å². The monoisotopic (exact) mass is 325 g/mol. The Morgan fingerprint density at radius 3 is 2.67 bits per heavy atom. The van der Waals surface area contributed by atoms with Gasteiger partial charge in [0.2, 0.25) is 0 Å². The molecule has 0 fully saturated rings. The molecule has 0 atom stereocenters. The number of halogens is 1. The van der Waals surface area contributed by atoms with Gasteiger partial charge in [0.1, 0.15) is 17.2 Å². The minimum absolute atomic E-state index is 0.0959. The molecule has 0 unspecified atom stereocenters. The van der Waals surface area contributed by atoms with Crippen molar-refractivity contribution >= 4 is 34.0 Å². The fourth-order valence-electron chi connectivity index (χ4n) is 1.72. The van der Waals surface area contributed by atoms with Crippen LogP contribution in [0.15, 0.2) is 24.3 Å². The number of hydrogen-bond acceptors (Lipinski definition) is 5. The summed E-state index contributed by atoms with van der Waals surface area (Å²) in [6, 6.07) is 7.10. The molecule has 0 aliphatic rings. The van der Waals surface area contributed by atoms with Crippen LogP contribution in [0.3, 0.4) is 0 Å². The molecule has 1 heterocycles. The van der Waals surface area contributed by atoms with Crippen molar-refractivity contribution in [3.05, 3.63) is 39.9 Å². The van der Waals surface area contributed by atoms with Gasteiger partial charge < -0.3 is 15.4 Å². The van der Waals surface area contributed by atoms with E-state index in [1.807, 2.05) is 0 Å². The highest BCUT2D eigenvalue weighted by atomic mass is 35.5. The number of benzene rings is 1. The molecule has 1 aromatic heterocycles. The highest BCUT2D eigenvalue weighted by Gasteiger charge is 2.18. The Morgan fingerprint density at radius 2 is 2.10 bits per heavy atom. The Bertz CT molecular complexity index is 628. The van der Waals surface area contributed by atoms with Crippen molar-refractivity contribution in [2.24, 2.45) is 0 Å². The molecule has 21 heavy (non-hydrogen) atoms. The number of thiazole rings is 1. The summed E-state index contributed by atoms with van der Waals surface area (Å²) < 4.78 is 5.56. The summed E-state index contributed by atoms with van der Waals surface area (Å²) in [6.07, 6.45) is 0. The zero-order valence-corrected chi connectivity index (χ0v) is 13.4. The van der Waals surface area contributed by atoms with E-state index >= 15 is 0 Å². The Kier molecular flexibility index (Phi) is 5.03. The van der Waals surface area contributed by atoms with Crippen LogP contribution in [0.1, 0.15) is 15.4 Å². The number of carbonyl (C=O) groups is 1. The van der Waals surface area contributed by atoms with Gasteiger partial charge in [-0.3, -0.25) is 4.79 Å². The predicted octanol–water partition coefficient (Wildman–Crippen LogP) is 2.84. The molecule has 0 radical (unpaired) electrons. The summed E-state index contributed by atoms with van der Waals surface area (Å²) in [5, 5.41) is 1.06. The number of likely N-dealkylation sites (N-methyl/N-ethyl adjacent to an activating group) is 1. The largest absolute Gasteiger partial charge is 0.492 e. The third-order valence-electron chi connectivity index (χ3n) is 2.86. The van der Waals surface area contributed by atoms with Crippen molar-refractivity contribution in [2.75, 3.05) is 25.9 Å². The van der Waals surface area contributed by atoms with E-state index in [2.05, 4.69) is 4.98 Å². The average molecular weight is 326 g/mol. The van der Waals surface area contributed by atoms with Crippen molar-refractivity contribution in [1.29, 1.82) is 0 Å². The zero-order chi connectivity index (χ0) is 15.4. The summed E-state index contributed by atoms with van der Waals surface area (Å²) in [7, 11) is 1.73. The molecule has 0 aliphatic carbocycles. The molecular formula is C14H16ClN3O2S. The van der Waals surface area contributed by atoms with Gasteiger partial charge in [-0.2, -0.15) is 0 Å². The molecule has 7 heteroatoms. The number of ether oxygens (including phenoxy) is 1. The van der Waals surface area contributed by atoms with E-state index in [0.717, 1.165) is 5.75 Å². The second-order valence-electron chi connectivity index (χ2n) is 4.50. The Balaban J connectivity index is 1.87. The quantitative estimate of drug-likeness (QED) is 0.917. The molecular weight excluding hydrogens is 310 g/mol. The number of nitrogen functional groups attached to an aromatic ring is 1.